The van der Waals surface area contributed by atoms with Crippen LogP contribution in [0.3, 0.4) is 0 Å². The minimum atomic E-state index is -0.933. The summed E-state index contributed by atoms with van der Waals surface area (Å²) in [6.07, 6.45) is 1.57. The summed E-state index contributed by atoms with van der Waals surface area (Å²) < 4.78 is 10.7. The van der Waals surface area contributed by atoms with Crippen LogP contribution < -0.4 is 0 Å². The number of oxazole rings is 1. The van der Waals surface area contributed by atoms with Gasteiger partial charge in [-0.25, -0.2) is 4.98 Å². The molecule has 118 valence electrons. The lowest BCUT2D eigenvalue weighted by atomic mass is 10.1. The summed E-state index contributed by atoms with van der Waals surface area (Å²) in [5, 5.41) is 8.88. The fourth-order valence-corrected chi connectivity index (χ4v) is 1.97. The Bertz CT molecular complexity index is 660. The molecule has 0 aliphatic carbocycles. The third-order valence-electron chi connectivity index (χ3n) is 3.34. The van der Waals surface area contributed by atoms with Gasteiger partial charge in [-0.05, 0) is 19.1 Å². The number of likely N-dealkylation sites (N-methyl/N-ethyl adjacent to an activating group) is 1. The van der Waals surface area contributed by atoms with Gasteiger partial charge in [0.25, 0.3) is 5.89 Å². The first-order valence-corrected chi connectivity index (χ1v) is 6.85. The van der Waals surface area contributed by atoms with E-state index in [4.69, 9.17) is 13.9 Å². The monoisotopic (exact) mass is 306 g/mol. The number of carboxylic acids is 1. The van der Waals surface area contributed by atoms with E-state index in [1.165, 1.54) is 11.2 Å². The zero-order chi connectivity index (χ0) is 16.3. The number of furan rings is 1. The molecule has 0 saturated heterocycles. The van der Waals surface area contributed by atoms with Crippen molar-refractivity contribution in [1.82, 2.24) is 9.88 Å². The van der Waals surface area contributed by atoms with Crippen molar-refractivity contribution >= 4 is 11.9 Å². The van der Waals surface area contributed by atoms with Crippen LogP contribution in [-0.2, 0) is 16.0 Å². The number of amides is 1. The van der Waals surface area contributed by atoms with Crippen LogP contribution in [0.25, 0.3) is 11.7 Å². The largest absolute Gasteiger partial charge is 0.481 e. The molecular formula is C15H18N2O5. The highest BCUT2D eigenvalue weighted by Gasteiger charge is 2.21. The number of aliphatic carboxylic acids is 1. The van der Waals surface area contributed by atoms with E-state index in [1.807, 2.05) is 0 Å². The molecule has 2 aromatic heterocycles. The number of aryl methyl sites for hydroxylation is 1. The maximum absolute atomic E-state index is 12.1. The van der Waals surface area contributed by atoms with Crippen LogP contribution >= 0.6 is 0 Å². The lowest BCUT2D eigenvalue weighted by molar-refractivity contribution is -0.142. The molecule has 1 N–H and O–H groups in total. The van der Waals surface area contributed by atoms with Crippen molar-refractivity contribution in [2.24, 2.45) is 5.92 Å². The van der Waals surface area contributed by atoms with Crippen LogP contribution in [0.2, 0.25) is 0 Å². The van der Waals surface area contributed by atoms with Crippen LogP contribution in [0.15, 0.2) is 27.2 Å². The molecule has 0 aliphatic heterocycles. The Morgan fingerprint density at radius 3 is 2.77 bits per heavy atom. The van der Waals surface area contributed by atoms with E-state index in [1.54, 1.807) is 33.0 Å². The fraction of sp³-hybridized carbons (Fsp3) is 0.400. The van der Waals surface area contributed by atoms with Crippen LogP contribution in [-0.4, -0.2) is 40.5 Å². The van der Waals surface area contributed by atoms with Gasteiger partial charge in [0.1, 0.15) is 5.76 Å². The van der Waals surface area contributed by atoms with Gasteiger partial charge in [-0.2, -0.15) is 0 Å². The maximum atomic E-state index is 12.1. The van der Waals surface area contributed by atoms with Gasteiger partial charge in [-0.1, -0.05) is 6.92 Å². The topological polar surface area (TPSA) is 96.8 Å². The average Bonchev–Trinajstić information content (AvgIpc) is 3.09. The summed E-state index contributed by atoms with van der Waals surface area (Å²) in [5.41, 5.74) is 0.520. The van der Waals surface area contributed by atoms with E-state index >= 15 is 0 Å². The second-order valence-electron chi connectivity index (χ2n) is 5.19. The maximum Gasteiger partial charge on any atom is 0.308 e. The number of carbonyl (C=O) groups is 2. The molecule has 0 fully saturated rings. The lowest BCUT2D eigenvalue weighted by Crippen LogP contribution is -2.34. The Morgan fingerprint density at radius 2 is 2.18 bits per heavy atom. The number of rotatable bonds is 6. The predicted octanol–water partition coefficient (Wildman–Crippen LogP) is 1.96. The standard InChI is InChI=1S/C15H18N2O5/c1-9(15(19)20)8-17(3)13(18)7-11-10(2)22-14(16-11)12-5-4-6-21-12/h4-6,9H,7-8H2,1-3H3,(H,19,20). The normalized spacial score (nSPS) is 12.1. The fourth-order valence-electron chi connectivity index (χ4n) is 1.97. The Labute approximate surface area is 127 Å². The summed E-state index contributed by atoms with van der Waals surface area (Å²) in [6, 6.07) is 3.44. The third kappa shape index (κ3) is 3.55. The van der Waals surface area contributed by atoms with Gasteiger partial charge in [-0.3, -0.25) is 9.59 Å². The van der Waals surface area contributed by atoms with Gasteiger partial charge >= 0.3 is 5.97 Å². The zero-order valence-corrected chi connectivity index (χ0v) is 12.7. The number of carboxylic acid groups (broad SMARTS) is 1. The lowest BCUT2D eigenvalue weighted by Gasteiger charge is -2.18. The smallest absolute Gasteiger partial charge is 0.308 e. The molecule has 0 spiro atoms. The summed E-state index contributed by atoms with van der Waals surface area (Å²) >= 11 is 0. The van der Waals surface area contributed by atoms with Gasteiger partial charge in [0, 0.05) is 13.6 Å². The summed E-state index contributed by atoms with van der Waals surface area (Å²) in [4.78, 5) is 28.6. The second-order valence-corrected chi connectivity index (χ2v) is 5.19. The molecule has 1 unspecified atom stereocenters. The molecule has 2 rings (SSSR count). The van der Waals surface area contributed by atoms with Crippen LogP contribution in [0.1, 0.15) is 18.4 Å². The van der Waals surface area contributed by atoms with Gasteiger partial charge in [-0.15, -0.1) is 0 Å². The quantitative estimate of drug-likeness (QED) is 0.876. The van der Waals surface area contributed by atoms with E-state index in [-0.39, 0.29) is 18.9 Å². The molecule has 7 nitrogen and oxygen atoms in total. The Morgan fingerprint density at radius 1 is 1.45 bits per heavy atom. The van der Waals surface area contributed by atoms with E-state index in [2.05, 4.69) is 4.98 Å². The average molecular weight is 306 g/mol. The van der Waals surface area contributed by atoms with E-state index in [0.717, 1.165) is 0 Å². The highest BCUT2D eigenvalue weighted by atomic mass is 16.4. The summed E-state index contributed by atoms with van der Waals surface area (Å²) in [6.45, 7) is 3.43. The number of hydrogen-bond donors (Lipinski definition) is 1. The third-order valence-corrected chi connectivity index (χ3v) is 3.34. The van der Waals surface area contributed by atoms with Crippen molar-refractivity contribution < 1.29 is 23.5 Å². The molecule has 0 radical (unpaired) electrons. The Balaban J connectivity index is 2.04. The van der Waals surface area contributed by atoms with Crippen LogP contribution in [0.5, 0.6) is 0 Å². The van der Waals surface area contributed by atoms with Gasteiger partial charge in [0.05, 0.1) is 24.3 Å². The SMILES string of the molecule is Cc1oc(-c2ccco2)nc1CC(=O)N(C)CC(C)C(=O)O. The molecule has 0 saturated carbocycles. The molecular weight excluding hydrogens is 288 g/mol. The molecule has 22 heavy (non-hydrogen) atoms. The molecule has 0 bridgehead atoms. The minimum absolute atomic E-state index is 0.0544. The minimum Gasteiger partial charge on any atom is -0.481 e. The van der Waals surface area contributed by atoms with Crippen molar-refractivity contribution in [2.75, 3.05) is 13.6 Å². The van der Waals surface area contributed by atoms with Crippen molar-refractivity contribution in [2.45, 2.75) is 20.3 Å². The van der Waals surface area contributed by atoms with Crippen molar-refractivity contribution in [3.8, 4) is 11.7 Å². The van der Waals surface area contributed by atoms with Crippen LogP contribution in [0.4, 0.5) is 0 Å². The van der Waals surface area contributed by atoms with Crippen molar-refractivity contribution in [3.05, 3.63) is 29.9 Å². The van der Waals surface area contributed by atoms with Gasteiger partial charge in [0.2, 0.25) is 5.91 Å². The number of aromatic nitrogens is 1. The van der Waals surface area contributed by atoms with Crippen molar-refractivity contribution in [3.63, 3.8) is 0 Å². The van der Waals surface area contributed by atoms with E-state index in [0.29, 0.717) is 23.1 Å². The van der Waals surface area contributed by atoms with Gasteiger partial charge in [0.15, 0.2) is 5.76 Å². The molecule has 0 aromatic carbocycles. The summed E-state index contributed by atoms with van der Waals surface area (Å²) in [7, 11) is 1.57. The molecule has 2 heterocycles. The number of carbonyl (C=O) groups excluding carboxylic acids is 1. The molecule has 1 amide bonds. The first kappa shape index (κ1) is 15.8. The van der Waals surface area contributed by atoms with Crippen LogP contribution in [0, 0.1) is 12.8 Å². The van der Waals surface area contributed by atoms with Gasteiger partial charge < -0.3 is 18.8 Å². The molecule has 2 aromatic rings. The first-order valence-electron chi connectivity index (χ1n) is 6.85. The predicted molar refractivity (Wildman–Crippen MR) is 77.1 cm³/mol. The van der Waals surface area contributed by atoms with E-state index in [9.17, 15) is 9.59 Å². The number of nitrogens with zero attached hydrogens (tertiary/aromatic N) is 2. The van der Waals surface area contributed by atoms with E-state index < -0.39 is 11.9 Å². The Hall–Kier alpha value is -2.57. The highest BCUT2D eigenvalue weighted by Crippen LogP contribution is 2.22. The second kappa shape index (κ2) is 6.46. The molecule has 0 aliphatic rings. The summed E-state index contributed by atoms with van der Waals surface area (Å²) in [5.74, 6) is -0.403. The first-order chi connectivity index (χ1) is 10.4. The number of hydrogen-bond acceptors (Lipinski definition) is 5. The molecule has 1 atom stereocenters. The Kier molecular flexibility index (Phi) is 4.65. The van der Waals surface area contributed by atoms with Crippen molar-refractivity contribution in [1.29, 1.82) is 0 Å². The zero-order valence-electron chi connectivity index (χ0n) is 12.7. The highest BCUT2D eigenvalue weighted by molar-refractivity contribution is 5.79. The molecule has 7 heteroatoms.